The largest absolute Gasteiger partial charge is 0.397 e. The molecule has 1 amide bonds. The van der Waals surface area contributed by atoms with E-state index in [0.29, 0.717) is 17.8 Å². The Morgan fingerprint density at radius 3 is 2.83 bits per heavy atom. The summed E-state index contributed by atoms with van der Waals surface area (Å²) in [7, 11) is 0. The molecule has 0 saturated carbocycles. The van der Waals surface area contributed by atoms with Gasteiger partial charge in [-0.1, -0.05) is 0 Å². The average Bonchev–Trinajstić information content (AvgIpc) is 2.73. The highest BCUT2D eigenvalue weighted by Crippen LogP contribution is 2.20. The van der Waals surface area contributed by atoms with E-state index in [1.165, 1.54) is 0 Å². The standard InChI is InChI=1S/C12H14N4OS/c1-7-16-9(6-18-7)5-15-11-3-2-8(12(14)17)4-10(11)13/h2-4,6,15H,5,13H2,1H3,(H2,14,17). The summed E-state index contributed by atoms with van der Waals surface area (Å²) >= 11 is 1.61. The average molecular weight is 262 g/mol. The smallest absolute Gasteiger partial charge is 0.248 e. The fourth-order valence-electron chi connectivity index (χ4n) is 1.55. The number of aryl methyl sites for hydroxylation is 1. The van der Waals surface area contributed by atoms with Gasteiger partial charge >= 0.3 is 0 Å². The summed E-state index contributed by atoms with van der Waals surface area (Å²) in [5, 5.41) is 6.20. The van der Waals surface area contributed by atoms with Crippen LogP contribution in [0.5, 0.6) is 0 Å². The highest BCUT2D eigenvalue weighted by Gasteiger charge is 2.05. The van der Waals surface area contributed by atoms with E-state index in [1.54, 1.807) is 29.5 Å². The Kier molecular flexibility index (Phi) is 3.47. The molecule has 1 heterocycles. The Hall–Kier alpha value is -2.08. The normalized spacial score (nSPS) is 10.3. The number of hydrogen-bond donors (Lipinski definition) is 3. The summed E-state index contributed by atoms with van der Waals surface area (Å²) in [5.41, 5.74) is 13.7. The first-order valence-corrected chi connectivity index (χ1v) is 6.28. The second-order valence-corrected chi connectivity index (χ2v) is 4.94. The van der Waals surface area contributed by atoms with Crippen LogP contribution in [0.15, 0.2) is 23.6 Å². The highest BCUT2D eigenvalue weighted by molar-refractivity contribution is 7.09. The highest BCUT2D eigenvalue weighted by atomic mass is 32.1. The number of nitrogens with zero attached hydrogens (tertiary/aromatic N) is 1. The van der Waals surface area contributed by atoms with Gasteiger partial charge in [-0.15, -0.1) is 11.3 Å². The minimum atomic E-state index is -0.483. The number of benzene rings is 1. The number of nitrogen functional groups attached to an aromatic ring is 1. The number of nitrogens with one attached hydrogen (secondary N) is 1. The summed E-state index contributed by atoms with van der Waals surface area (Å²) in [6.45, 7) is 2.56. The summed E-state index contributed by atoms with van der Waals surface area (Å²) < 4.78 is 0. The Morgan fingerprint density at radius 2 is 2.28 bits per heavy atom. The van der Waals surface area contributed by atoms with E-state index in [-0.39, 0.29) is 0 Å². The van der Waals surface area contributed by atoms with E-state index < -0.39 is 5.91 Å². The number of thiazole rings is 1. The van der Waals surface area contributed by atoms with E-state index in [1.807, 2.05) is 12.3 Å². The van der Waals surface area contributed by atoms with Crippen LogP contribution in [0.25, 0.3) is 0 Å². The lowest BCUT2D eigenvalue weighted by atomic mass is 10.1. The molecule has 2 rings (SSSR count). The van der Waals surface area contributed by atoms with Crippen LogP contribution in [0.3, 0.4) is 0 Å². The molecule has 0 aliphatic carbocycles. The van der Waals surface area contributed by atoms with Crippen molar-refractivity contribution in [3.63, 3.8) is 0 Å². The summed E-state index contributed by atoms with van der Waals surface area (Å²) in [5.74, 6) is -0.483. The third-order valence-corrected chi connectivity index (χ3v) is 3.28. The third kappa shape index (κ3) is 2.78. The van der Waals surface area contributed by atoms with Crippen LogP contribution in [0.1, 0.15) is 21.1 Å². The SMILES string of the molecule is Cc1nc(CNc2ccc(C(N)=O)cc2N)cs1. The molecule has 6 heteroatoms. The molecule has 5 N–H and O–H groups in total. The van der Waals surface area contributed by atoms with Crippen molar-refractivity contribution < 1.29 is 4.79 Å². The molecule has 94 valence electrons. The van der Waals surface area contributed by atoms with E-state index in [4.69, 9.17) is 11.5 Å². The van der Waals surface area contributed by atoms with Crippen LogP contribution in [0.4, 0.5) is 11.4 Å². The summed E-state index contributed by atoms with van der Waals surface area (Å²) in [4.78, 5) is 15.3. The molecular weight excluding hydrogens is 248 g/mol. The first-order chi connectivity index (χ1) is 8.56. The number of aromatic nitrogens is 1. The van der Waals surface area contributed by atoms with Crippen molar-refractivity contribution in [2.24, 2.45) is 5.73 Å². The van der Waals surface area contributed by atoms with Gasteiger partial charge in [0, 0.05) is 10.9 Å². The minimum Gasteiger partial charge on any atom is -0.397 e. The molecule has 0 unspecified atom stereocenters. The van der Waals surface area contributed by atoms with E-state index in [0.717, 1.165) is 16.4 Å². The predicted molar refractivity (Wildman–Crippen MR) is 73.6 cm³/mol. The monoisotopic (exact) mass is 262 g/mol. The number of anilines is 2. The third-order valence-electron chi connectivity index (χ3n) is 2.46. The fraction of sp³-hybridized carbons (Fsp3) is 0.167. The second-order valence-electron chi connectivity index (χ2n) is 3.88. The van der Waals surface area contributed by atoms with Gasteiger partial charge in [0.05, 0.1) is 28.6 Å². The first-order valence-electron chi connectivity index (χ1n) is 5.40. The zero-order valence-corrected chi connectivity index (χ0v) is 10.8. The van der Waals surface area contributed by atoms with Crippen LogP contribution in [0, 0.1) is 6.92 Å². The molecule has 0 radical (unpaired) electrons. The van der Waals surface area contributed by atoms with Gasteiger partial charge in [-0.3, -0.25) is 4.79 Å². The maximum atomic E-state index is 11.0. The van der Waals surface area contributed by atoms with Crippen molar-refractivity contribution in [1.29, 1.82) is 0 Å². The second kappa shape index (κ2) is 5.05. The molecule has 5 nitrogen and oxygen atoms in total. The van der Waals surface area contributed by atoms with Gasteiger partial charge in [-0.2, -0.15) is 0 Å². The first kappa shape index (κ1) is 12.4. The lowest BCUT2D eigenvalue weighted by molar-refractivity contribution is 0.100. The maximum Gasteiger partial charge on any atom is 0.248 e. The summed E-state index contributed by atoms with van der Waals surface area (Å²) in [6.07, 6.45) is 0. The van der Waals surface area contributed by atoms with Crippen LogP contribution in [0.2, 0.25) is 0 Å². The number of rotatable bonds is 4. The fourth-order valence-corrected chi connectivity index (χ4v) is 2.16. The quantitative estimate of drug-likeness (QED) is 0.731. The van der Waals surface area contributed by atoms with Crippen molar-refractivity contribution in [3.8, 4) is 0 Å². The molecule has 18 heavy (non-hydrogen) atoms. The van der Waals surface area contributed by atoms with E-state index in [2.05, 4.69) is 10.3 Å². The van der Waals surface area contributed by atoms with Crippen molar-refractivity contribution in [1.82, 2.24) is 4.98 Å². The number of hydrogen-bond acceptors (Lipinski definition) is 5. The zero-order valence-electron chi connectivity index (χ0n) is 9.93. The number of carbonyl (C=O) groups excluding carboxylic acids is 1. The van der Waals surface area contributed by atoms with Crippen LogP contribution < -0.4 is 16.8 Å². The van der Waals surface area contributed by atoms with Gasteiger partial charge in [0.15, 0.2) is 0 Å². The Morgan fingerprint density at radius 1 is 1.50 bits per heavy atom. The molecule has 0 aliphatic rings. The topological polar surface area (TPSA) is 94.0 Å². The molecule has 0 saturated heterocycles. The molecule has 1 aromatic heterocycles. The molecule has 0 atom stereocenters. The van der Waals surface area contributed by atoms with Crippen LogP contribution in [-0.4, -0.2) is 10.9 Å². The van der Waals surface area contributed by atoms with Crippen molar-refractivity contribution in [3.05, 3.63) is 39.8 Å². The number of amides is 1. The van der Waals surface area contributed by atoms with Crippen molar-refractivity contribution in [2.45, 2.75) is 13.5 Å². The zero-order chi connectivity index (χ0) is 13.1. The molecule has 0 bridgehead atoms. The van der Waals surface area contributed by atoms with E-state index in [9.17, 15) is 4.79 Å². The van der Waals surface area contributed by atoms with Crippen LogP contribution >= 0.6 is 11.3 Å². The predicted octanol–water partition coefficient (Wildman–Crippen LogP) is 1.74. The van der Waals surface area contributed by atoms with Crippen molar-refractivity contribution in [2.75, 3.05) is 11.1 Å². The lowest BCUT2D eigenvalue weighted by Crippen LogP contribution is -2.12. The van der Waals surface area contributed by atoms with E-state index >= 15 is 0 Å². The Balaban J connectivity index is 2.08. The Labute approximate surface area is 109 Å². The number of nitrogens with two attached hydrogens (primary N) is 2. The number of carbonyl (C=O) groups is 1. The van der Waals surface area contributed by atoms with Crippen LogP contribution in [-0.2, 0) is 6.54 Å². The van der Waals surface area contributed by atoms with Gasteiger partial charge in [0.1, 0.15) is 0 Å². The molecule has 2 aromatic rings. The maximum absolute atomic E-state index is 11.0. The Bertz CT molecular complexity index is 579. The molecular formula is C12H14N4OS. The molecule has 0 aliphatic heterocycles. The molecule has 0 fully saturated rings. The van der Waals surface area contributed by atoms with Gasteiger partial charge < -0.3 is 16.8 Å². The van der Waals surface area contributed by atoms with Crippen molar-refractivity contribution >= 4 is 28.6 Å². The minimum absolute atomic E-state index is 0.405. The lowest BCUT2D eigenvalue weighted by Gasteiger charge is -2.08. The molecule has 1 aromatic carbocycles. The van der Waals surface area contributed by atoms with Gasteiger partial charge in [0.25, 0.3) is 0 Å². The van der Waals surface area contributed by atoms with Gasteiger partial charge in [0.2, 0.25) is 5.91 Å². The van der Waals surface area contributed by atoms with Gasteiger partial charge in [-0.05, 0) is 25.1 Å². The summed E-state index contributed by atoms with van der Waals surface area (Å²) in [6, 6.07) is 4.96. The molecule has 0 spiro atoms. The van der Waals surface area contributed by atoms with Gasteiger partial charge in [-0.25, -0.2) is 4.98 Å². The number of primary amides is 1.